The number of Topliss-reactive ketones (excluding diaryl/α,β-unsaturated/α-hetero) is 1. The summed E-state index contributed by atoms with van der Waals surface area (Å²) >= 11 is 3.34. The maximum absolute atomic E-state index is 13.1. The first-order chi connectivity index (χ1) is 13.4. The lowest BCUT2D eigenvalue weighted by molar-refractivity contribution is -0.837. The molecule has 1 amide bonds. The summed E-state index contributed by atoms with van der Waals surface area (Å²) in [6.45, 7) is 1.79. The Bertz CT molecular complexity index is 1010. The molecule has 1 saturated carbocycles. The maximum Gasteiger partial charge on any atom is 0.306 e. The highest BCUT2D eigenvalue weighted by atomic mass is 79.9. The second kappa shape index (κ2) is 7.09. The molecule has 3 unspecified atom stereocenters. The Morgan fingerprint density at radius 3 is 2.32 bits per heavy atom. The summed E-state index contributed by atoms with van der Waals surface area (Å²) in [5, 5.41) is 15.1. The molecule has 2 aromatic rings. The van der Waals surface area contributed by atoms with Gasteiger partial charge in [-0.25, -0.2) is 0 Å². The monoisotopic (exact) mass is 439 g/mol. The molecular formula is C21H18BrN3O3. The SMILES string of the molecule is CC1=C(C2C(=O)C(=Nc3ccc(Br)cc3)C2[O-])C(=O)N(c2ccccc2)[NH+]1C. The summed E-state index contributed by atoms with van der Waals surface area (Å²) in [6, 6.07) is 16.3. The maximum atomic E-state index is 13.1. The van der Waals surface area contributed by atoms with Gasteiger partial charge in [0.2, 0.25) is 0 Å². The molecule has 28 heavy (non-hydrogen) atoms. The molecule has 0 saturated heterocycles. The summed E-state index contributed by atoms with van der Waals surface area (Å²) in [5.41, 5.74) is 2.23. The summed E-state index contributed by atoms with van der Waals surface area (Å²) in [6.07, 6.45) is -1.34. The van der Waals surface area contributed by atoms with Gasteiger partial charge in [-0.15, -0.1) is 5.01 Å². The number of ketones is 1. The van der Waals surface area contributed by atoms with E-state index in [4.69, 9.17) is 0 Å². The van der Waals surface area contributed by atoms with Crippen molar-refractivity contribution >= 4 is 44.7 Å². The van der Waals surface area contributed by atoms with Gasteiger partial charge in [0, 0.05) is 11.4 Å². The van der Waals surface area contributed by atoms with Crippen LogP contribution in [0.3, 0.4) is 0 Å². The number of benzene rings is 2. The zero-order valence-corrected chi connectivity index (χ0v) is 16.9. The van der Waals surface area contributed by atoms with Crippen molar-refractivity contribution in [3.63, 3.8) is 0 Å². The molecule has 4 rings (SSSR count). The molecule has 1 aliphatic carbocycles. The third-order valence-corrected chi connectivity index (χ3v) is 5.75. The molecular weight excluding hydrogens is 422 g/mol. The summed E-state index contributed by atoms with van der Waals surface area (Å²) < 4.78 is 0.886. The highest BCUT2D eigenvalue weighted by molar-refractivity contribution is 9.10. The number of halogens is 1. The van der Waals surface area contributed by atoms with Gasteiger partial charge in [0.05, 0.1) is 35.6 Å². The van der Waals surface area contributed by atoms with Crippen molar-refractivity contribution in [2.75, 3.05) is 12.1 Å². The van der Waals surface area contributed by atoms with Gasteiger partial charge < -0.3 is 5.11 Å². The lowest BCUT2D eigenvalue weighted by atomic mass is 9.72. The van der Waals surface area contributed by atoms with Crippen molar-refractivity contribution in [2.24, 2.45) is 10.9 Å². The molecule has 6 nitrogen and oxygen atoms in total. The van der Waals surface area contributed by atoms with E-state index in [-0.39, 0.29) is 17.4 Å². The first-order valence-electron chi connectivity index (χ1n) is 8.88. The van der Waals surface area contributed by atoms with Crippen molar-refractivity contribution < 1.29 is 19.7 Å². The Kier molecular flexibility index (Phi) is 4.74. The van der Waals surface area contributed by atoms with E-state index in [2.05, 4.69) is 20.9 Å². The van der Waals surface area contributed by atoms with Crippen molar-refractivity contribution in [2.45, 2.75) is 13.0 Å². The predicted octanol–water partition coefficient (Wildman–Crippen LogP) is 1.20. The van der Waals surface area contributed by atoms with Crippen LogP contribution in [0, 0.1) is 5.92 Å². The van der Waals surface area contributed by atoms with Gasteiger partial charge in [-0.3, -0.25) is 14.6 Å². The third kappa shape index (κ3) is 2.92. The van der Waals surface area contributed by atoms with Gasteiger partial charge in [-0.1, -0.05) is 40.2 Å². The van der Waals surface area contributed by atoms with Gasteiger partial charge in [0.15, 0.2) is 5.78 Å². The minimum atomic E-state index is -1.34. The van der Waals surface area contributed by atoms with Gasteiger partial charge in [0.25, 0.3) is 0 Å². The summed E-state index contributed by atoms with van der Waals surface area (Å²) in [4.78, 5) is 30.0. The number of para-hydroxylation sites is 1. The average Bonchev–Trinajstić information content (AvgIpc) is 2.91. The van der Waals surface area contributed by atoms with Crippen LogP contribution in [0.1, 0.15) is 6.92 Å². The quantitative estimate of drug-likeness (QED) is 0.780. The van der Waals surface area contributed by atoms with Gasteiger partial charge >= 0.3 is 5.91 Å². The number of nitrogens with one attached hydrogen (secondary N) is 1. The Balaban J connectivity index is 1.62. The Morgan fingerprint density at radius 2 is 1.71 bits per heavy atom. The lowest BCUT2D eigenvalue weighted by Crippen LogP contribution is -3.13. The molecule has 1 N–H and O–H groups in total. The standard InChI is InChI=1S/C21H17BrN3O3/c1-12-16(21(28)25(24(12)2)15-6-4-3-5-7-15)17-19(26)18(20(17)27)23-14-10-8-13(22)9-11-14/h3-11,17,19H,1-2H3/q-1/p+1. The Morgan fingerprint density at radius 1 is 1.07 bits per heavy atom. The molecule has 0 spiro atoms. The smallest absolute Gasteiger partial charge is 0.306 e. The number of nitrogens with zero attached hydrogens (tertiary/aromatic N) is 2. The highest BCUT2D eigenvalue weighted by Crippen LogP contribution is 2.33. The van der Waals surface area contributed by atoms with Crippen LogP contribution in [0.15, 0.2) is 75.3 Å². The largest absolute Gasteiger partial charge is 0.847 e. The highest BCUT2D eigenvalue weighted by Gasteiger charge is 2.51. The van der Waals surface area contributed by atoms with Crippen LogP contribution in [0.4, 0.5) is 11.4 Å². The molecule has 0 bridgehead atoms. The van der Waals surface area contributed by atoms with E-state index in [0.717, 1.165) is 15.2 Å². The van der Waals surface area contributed by atoms with Crippen LogP contribution < -0.4 is 15.1 Å². The van der Waals surface area contributed by atoms with E-state index < -0.39 is 12.0 Å². The number of allylic oxidation sites excluding steroid dienone is 1. The van der Waals surface area contributed by atoms with Crippen LogP contribution in [0.25, 0.3) is 0 Å². The number of carbonyl (C=O) groups is 2. The van der Waals surface area contributed by atoms with Crippen LogP contribution in [0.5, 0.6) is 0 Å². The third-order valence-electron chi connectivity index (χ3n) is 5.22. The minimum Gasteiger partial charge on any atom is -0.847 e. The molecule has 7 heteroatoms. The van der Waals surface area contributed by atoms with Gasteiger partial charge in [-0.2, -0.15) is 5.01 Å². The lowest BCUT2D eigenvalue weighted by Gasteiger charge is -2.41. The van der Waals surface area contributed by atoms with E-state index in [1.165, 1.54) is 0 Å². The van der Waals surface area contributed by atoms with Crippen LogP contribution in [0.2, 0.25) is 0 Å². The Labute approximate surface area is 170 Å². The fraction of sp³-hybridized carbons (Fsp3) is 0.190. The van der Waals surface area contributed by atoms with E-state index in [9.17, 15) is 14.7 Å². The molecule has 1 fully saturated rings. The van der Waals surface area contributed by atoms with Gasteiger partial charge in [0.1, 0.15) is 5.70 Å². The second-order valence-electron chi connectivity index (χ2n) is 6.84. The summed E-state index contributed by atoms with van der Waals surface area (Å²) in [5.74, 6) is -1.65. The van der Waals surface area contributed by atoms with E-state index in [1.807, 2.05) is 37.4 Å². The van der Waals surface area contributed by atoms with Crippen LogP contribution >= 0.6 is 15.9 Å². The molecule has 1 aliphatic heterocycles. The fourth-order valence-corrected chi connectivity index (χ4v) is 3.87. The second-order valence-corrected chi connectivity index (χ2v) is 7.75. The van der Waals surface area contributed by atoms with Crippen molar-refractivity contribution in [1.29, 1.82) is 0 Å². The molecule has 1 heterocycles. The molecule has 0 radical (unpaired) electrons. The predicted molar refractivity (Wildman–Crippen MR) is 107 cm³/mol. The van der Waals surface area contributed by atoms with E-state index in [1.54, 1.807) is 36.2 Å². The van der Waals surface area contributed by atoms with E-state index in [0.29, 0.717) is 17.0 Å². The van der Waals surface area contributed by atoms with Crippen molar-refractivity contribution in [1.82, 2.24) is 0 Å². The number of anilines is 1. The topological polar surface area (TPSA) is 77.2 Å². The first-order valence-corrected chi connectivity index (χ1v) is 9.68. The number of rotatable bonds is 3. The number of quaternary nitrogens is 1. The van der Waals surface area contributed by atoms with E-state index >= 15 is 0 Å². The molecule has 2 aliphatic rings. The summed E-state index contributed by atoms with van der Waals surface area (Å²) in [7, 11) is 1.83. The first kappa shape index (κ1) is 18.7. The zero-order chi connectivity index (χ0) is 20.0. The number of carbonyl (C=O) groups excluding carboxylic acids is 2. The normalized spacial score (nSPS) is 26.2. The average molecular weight is 440 g/mol. The molecule has 2 aromatic carbocycles. The number of amides is 1. The van der Waals surface area contributed by atoms with Crippen LogP contribution in [-0.2, 0) is 9.59 Å². The van der Waals surface area contributed by atoms with Crippen molar-refractivity contribution in [3.8, 4) is 0 Å². The number of aliphatic imine (C=N–C) groups is 1. The molecule has 0 aromatic heterocycles. The molecule has 3 atom stereocenters. The number of hydrogen-bond acceptors (Lipinski definition) is 4. The zero-order valence-electron chi connectivity index (χ0n) is 15.3. The van der Waals surface area contributed by atoms with Crippen molar-refractivity contribution in [3.05, 3.63) is 70.3 Å². The minimum absolute atomic E-state index is 0.0174. The fourth-order valence-electron chi connectivity index (χ4n) is 3.60. The Hall–Kier alpha value is -2.61. The van der Waals surface area contributed by atoms with Crippen LogP contribution in [-0.4, -0.2) is 30.6 Å². The molecule has 142 valence electrons. The van der Waals surface area contributed by atoms with Gasteiger partial charge in [-0.05, 0) is 36.4 Å². The number of hydrogen-bond donors (Lipinski definition) is 1.